The van der Waals surface area contributed by atoms with Gasteiger partial charge in [0.15, 0.2) is 0 Å². The van der Waals surface area contributed by atoms with Crippen LogP contribution in [0.3, 0.4) is 0 Å². The van der Waals surface area contributed by atoms with Crippen molar-refractivity contribution in [3.05, 3.63) is 100.0 Å². The van der Waals surface area contributed by atoms with E-state index >= 15 is 0 Å². The van der Waals surface area contributed by atoms with Gasteiger partial charge in [0.25, 0.3) is 11.5 Å². The van der Waals surface area contributed by atoms with Crippen LogP contribution < -0.4 is 16.2 Å². The fourth-order valence-corrected chi connectivity index (χ4v) is 2.86. The monoisotopic (exact) mass is 389 g/mol. The highest BCUT2D eigenvalue weighted by Crippen LogP contribution is 2.10. The second-order valence-electron chi connectivity index (χ2n) is 6.79. The molecule has 0 aliphatic heterocycles. The molecule has 29 heavy (non-hydrogen) atoms. The number of aromatic nitrogens is 1. The molecule has 0 fully saturated rings. The summed E-state index contributed by atoms with van der Waals surface area (Å²) >= 11 is 0. The highest BCUT2D eigenvalue weighted by Gasteiger charge is 2.08. The van der Waals surface area contributed by atoms with E-state index < -0.39 is 0 Å². The molecule has 2 amide bonds. The van der Waals surface area contributed by atoms with E-state index in [1.807, 2.05) is 37.3 Å². The highest BCUT2D eigenvalue weighted by molar-refractivity contribution is 5.95. The predicted molar refractivity (Wildman–Crippen MR) is 113 cm³/mol. The number of benzene rings is 2. The number of carbonyl (C=O) groups is 2. The van der Waals surface area contributed by atoms with Gasteiger partial charge in [0.2, 0.25) is 5.91 Å². The second-order valence-corrected chi connectivity index (χ2v) is 6.79. The first-order valence-electron chi connectivity index (χ1n) is 9.40. The third-order valence-electron chi connectivity index (χ3n) is 4.44. The van der Waals surface area contributed by atoms with Crippen molar-refractivity contribution in [2.45, 2.75) is 19.9 Å². The van der Waals surface area contributed by atoms with Crippen molar-refractivity contribution in [2.24, 2.45) is 0 Å². The van der Waals surface area contributed by atoms with E-state index in [-0.39, 0.29) is 23.9 Å². The van der Waals surface area contributed by atoms with Crippen LogP contribution in [0.5, 0.6) is 0 Å². The molecule has 0 saturated heterocycles. The summed E-state index contributed by atoms with van der Waals surface area (Å²) in [4.78, 5) is 36.3. The Morgan fingerprint density at radius 2 is 1.69 bits per heavy atom. The van der Waals surface area contributed by atoms with Crippen molar-refractivity contribution >= 4 is 17.5 Å². The molecule has 0 atom stereocenters. The lowest BCUT2D eigenvalue weighted by atomic mass is 10.1. The molecule has 0 radical (unpaired) electrons. The van der Waals surface area contributed by atoms with Gasteiger partial charge >= 0.3 is 0 Å². The quantitative estimate of drug-likeness (QED) is 0.652. The molecular formula is C23H23N3O3. The molecule has 2 aromatic carbocycles. The molecule has 3 aromatic rings. The molecule has 2 N–H and O–H groups in total. The molecule has 0 spiro atoms. The van der Waals surface area contributed by atoms with Crippen LogP contribution >= 0.6 is 0 Å². The first-order valence-corrected chi connectivity index (χ1v) is 9.40. The van der Waals surface area contributed by atoms with E-state index in [0.29, 0.717) is 17.8 Å². The molecule has 0 aliphatic rings. The van der Waals surface area contributed by atoms with Crippen LogP contribution in [0.15, 0.2) is 77.7 Å². The van der Waals surface area contributed by atoms with Crippen molar-refractivity contribution in [1.29, 1.82) is 0 Å². The third-order valence-corrected chi connectivity index (χ3v) is 4.44. The van der Waals surface area contributed by atoms with Crippen LogP contribution in [-0.2, 0) is 17.8 Å². The van der Waals surface area contributed by atoms with E-state index in [2.05, 4.69) is 10.6 Å². The fraction of sp³-hybridized carbons (Fsp3) is 0.174. The summed E-state index contributed by atoms with van der Waals surface area (Å²) in [5, 5.41) is 5.62. The van der Waals surface area contributed by atoms with E-state index in [0.717, 1.165) is 12.0 Å². The second kappa shape index (κ2) is 9.50. The largest absolute Gasteiger partial charge is 0.352 e. The Hall–Kier alpha value is -3.67. The average molecular weight is 389 g/mol. The minimum absolute atomic E-state index is 0.0686. The van der Waals surface area contributed by atoms with E-state index in [1.54, 1.807) is 36.5 Å². The van der Waals surface area contributed by atoms with Crippen LogP contribution in [0, 0.1) is 6.92 Å². The summed E-state index contributed by atoms with van der Waals surface area (Å²) in [6, 6.07) is 19.9. The Bertz CT molecular complexity index is 1040. The molecule has 6 heteroatoms. The van der Waals surface area contributed by atoms with Crippen LogP contribution in [0.25, 0.3) is 0 Å². The lowest BCUT2D eigenvalue weighted by Gasteiger charge is -2.09. The van der Waals surface area contributed by atoms with Gasteiger partial charge < -0.3 is 15.2 Å². The van der Waals surface area contributed by atoms with Crippen LogP contribution in [0.4, 0.5) is 5.69 Å². The fourth-order valence-electron chi connectivity index (χ4n) is 2.86. The zero-order chi connectivity index (χ0) is 20.6. The summed E-state index contributed by atoms with van der Waals surface area (Å²) in [6.45, 7) is 2.30. The molecule has 0 aliphatic carbocycles. The van der Waals surface area contributed by atoms with Gasteiger partial charge in [-0.3, -0.25) is 14.4 Å². The molecule has 1 aromatic heterocycles. The van der Waals surface area contributed by atoms with Gasteiger partial charge in [-0.15, -0.1) is 0 Å². The van der Waals surface area contributed by atoms with Crippen molar-refractivity contribution in [1.82, 2.24) is 9.88 Å². The molecule has 148 valence electrons. The van der Waals surface area contributed by atoms with Gasteiger partial charge in [-0.1, -0.05) is 30.3 Å². The van der Waals surface area contributed by atoms with Gasteiger partial charge in [-0.05, 0) is 54.8 Å². The average Bonchev–Trinajstić information content (AvgIpc) is 2.71. The number of nitrogens with one attached hydrogen (secondary N) is 2. The molecule has 1 heterocycles. The molecule has 6 nitrogen and oxygen atoms in total. The predicted octanol–water partition coefficient (Wildman–Crippen LogP) is 2.77. The Balaban J connectivity index is 1.50. The molecular weight excluding hydrogens is 366 g/mol. The van der Waals surface area contributed by atoms with E-state index in [1.165, 1.54) is 16.2 Å². The number of amides is 2. The number of carbonyl (C=O) groups excluding carboxylic acids is 2. The normalized spacial score (nSPS) is 10.4. The minimum atomic E-state index is -0.309. The van der Waals surface area contributed by atoms with Gasteiger partial charge in [-0.25, -0.2) is 0 Å². The summed E-state index contributed by atoms with van der Waals surface area (Å²) in [7, 11) is 0. The number of hydrogen-bond donors (Lipinski definition) is 2. The number of pyridine rings is 1. The number of aryl methyl sites for hydroxylation is 1. The standard InChI is InChI=1S/C23H23N3O3/c1-17-12-14-26(22(28)15-17)16-21(27)25-20-9-7-19(8-10-20)23(29)24-13-11-18-5-3-2-4-6-18/h2-10,12,14-15H,11,13,16H2,1H3,(H,24,29)(H,25,27). The first kappa shape index (κ1) is 20.1. The van der Waals surface area contributed by atoms with Crippen molar-refractivity contribution in [3.8, 4) is 0 Å². The van der Waals surface area contributed by atoms with Crippen LogP contribution in [0.1, 0.15) is 21.5 Å². The Kier molecular flexibility index (Phi) is 6.58. The third kappa shape index (κ3) is 5.90. The zero-order valence-electron chi connectivity index (χ0n) is 16.2. The lowest BCUT2D eigenvalue weighted by Crippen LogP contribution is -2.27. The number of rotatable bonds is 7. The van der Waals surface area contributed by atoms with Crippen molar-refractivity contribution in [2.75, 3.05) is 11.9 Å². The summed E-state index contributed by atoms with van der Waals surface area (Å²) in [5.41, 5.74) is 2.88. The van der Waals surface area contributed by atoms with Crippen LogP contribution in [0.2, 0.25) is 0 Å². The van der Waals surface area contributed by atoms with Gasteiger partial charge in [-0.2, -0.15) is 0 Å². The SMILES string of the molecule is Cc1ccn(CC(=O)Nc2ccc(C(=O)NCCc3ccccc3)cc2)c(=O)c1. The Morgan fingerprint density at radius 3 is 2.38 bits per heavy atom. The number of hydrogen-bond acceptors (Lipinski definition) is 3. The van der Waals surface area contributed by atoms with E-state index in [9.17, 15) is 14.4 Å². The molecule has 0 saturated carbocycles. The number of nitrogens with zero attached hydrogens (tertiary/aromatic N) is 1. The summed E-state index contributed by atoms with van der Waals surface area (Å²) in [5.74, 6) is -0.471. The topological polar surface area (TPSA) is 80.2 Å². The maximum atomic E-state index is 12.2. The van der Waals surface area contributed by atoms with E-state index in [4.69, 9.17) is 0 Å². The number of anilines is 1. The first-order chi connectivity index (χ1) is 14.0. The summed E-state index contributed by atoms with van der Waals surface area (Å²) in [6.07, 6.45) is 2.36. The van der Waals surface area contributed by atoms with Gasteiger partial charge in [0, 0.05) is 30.1 Å². The van der Waals surface area contributed by atoms with Crippen molar-refractivity contribution in [3.63, 3.8) is 0 Å². The smallest absolute Gasteiger partial charge is 0.251 e. The van der Waals surface area contributed by atoms with Gasteiger partial charge in [0.1, 0.15) is 6.54 Å². The van der Waals surface area contributed by atoms with Crippen LogP contribution in [-0.4, -0.2) is 22.9 Å². The molecule has 0 bridgehead atoms. The minimum Gasteiger partial charge on any atom is -0.352 e. The lowest BCUT2D eigenvalue weighted by molar-refractivity contribution is -0.116. The zero-order valence-corrected chi connectivity index (χ0v) is 16.2. The maximum absolute atomic E-state index is 12.2. The molecule has 3 rings (SSSR count). The summed E-state index contributed by atoms with van der Waals surface area (Å²) < 4.78 is 1.34. The maximum Gasteiger partial charge on any atom is 0.251 e. The molecule has 0 unspecified atom stereocenters. The highest BCUT2D eigenvalue weighted by atomic mass is 16.2. The Labute approximate surface area is 169 Å². The van der Waals surface area contributed by atoms with Crippen molar-refractivity contribution < 1.29 is 9.59 Å². The Morgan fingerprint density at radius 1 is 0.966 bits per heavy atom. The van der Waals surface area contributed by atoms with Gasteiger partial charge in [0.05, 0.1) is 0 Å².